The monoisotopic (exact) mass is 348 g/mol. The first-order chi connectivity index (χ1) is 12.7. The van der Waals surface area contributed by atoms with E-state index in [1.165, 1.54) is 12.1 Å². The molecular formula is C21H17FN2O2. The standard InChI is InChI=1S/C21H17FN2O2/c1-25-19-10-9-15(21-23-17-7-2-3-8-18(17)24-21)12-20(19)26-13-14-5-4-6-16(22)11-14/h2-12H,13H2,1H3,(H,23,24). The van der Waals surface area contributed by atoms with Crippen LogP contribution in [0.5, 0.6) is 11.5 Å². The van der Waals surface area contributed by atoms with Crippen LogP contribution in [0.15, 0.2) is 66.7 Å². The zero-order valence-corrected chi connectivity index (χ0v) is 14.2. The lowest BCUT2D eigenvalue weighted by atomic mass is 10.2. The molecule has 1 N–H and O–H groups in total. The van der Waals surface area contributed by atoms with Crippen LogP contribution in [0.3, 0.4) is 0 Å². The van der Waals surface area contributed by atoms with Gasteiger partial charge in [0.1, 0.15) is 18.2 Å². The molecule has 130 valence electrons. The number of methoxy groups -OCH3 is 1. The summed E-state index contributed by atoms with van der Waals surface area (Å²) in [6.45, 7) is 0.248. The van der Waals surface area contributed by atoms with E-state index in [9.17, 15) is 4.39 Å². The molecule has 4 nitrogen and oxygen atoms in total. The van der Waals surface area contributed by atoms with E-state index in [1.54, 1.807) is 13.2 Å². The molecule has 1 aromatic heterocycles. The zero-order chi connectivity index (χ0) is 17.9. The molecule has 0 bridgehead atoms. The van der Waals surface area contributed by atoms with Crippen molar-refractivity contribution >= 4 is 11.0 Å². The second-order valence-corrected chi connectivity index (χ2v) is 5.89. The zero-order valence-electron chi connectivity index (χ0n) is 14.2. The van der Waals surface area contributed by atoms with Gasteiger partial charge in [0.25, 0.3) is 0 Å². The lowest BCUT2D eigenvalue weighted by Gasteiger charge is -2.12. The van der Waals surface area contributed by atoms with Crippen molar-refractivity contribution < 1.29 is 13.9 Å². The number of aromatic nitrogens is 2. The summed E-state index contributed by atoms with van der Waals surface area (Å²) in [4.78, 5) is 7.91. The highest BCUT2D eigenvalue weighted by Crippen LogP contribution is 2.32. The molecule has 1 heterocycles. The Kier molecular flexibility index (Phi) is 4.27. The van der Waals surface area contributed by atoms with Gasteiger partial charge in [-0.3, -0.25) is 0 Å². The van der Waals surface area contributed by atoms with Crippen molar-refractivity contribution in [1.82, 2.24) is 9.97 Å². The maximum Gasteiger partial charge on any atom is 0.162 e. The number of rotatable bonds is 5. The van der Waals surface area contributed by atoms with Crippen LogP contribution in [0, 0.1) is 5.82 Å². The fourth-order valence-electron chi connectivity index (χ4n) is 2.81. The highest BCUT2D eigenvalue weighted by atomic mass is 19.1. The predicted octanol–water partition coefficient (Wildman–Crippen LogP) is 4.96. The van der Waals surface area contributed by atoms with Crippen LogP contribution < -0.4 is 9.47 Å². The second kappa shape index (κ2) is 6.88. The average molecular weight is 348 g/mol. The maximum absolute atomic E-state index is 13.3. The van der Waals surface area contributed by atoms with Gasteiger partial charge in [0, 0.05) is 5.56 Å². The molecule has 0 aliphatic carbocycles. The molecule has 26 heavy (non-hydrogen) atoms. The van der Waals surface area contributed by atoms with E-state index in [1.807, 2.05) is 48.5 Å². The summed E-state index contributed by atoms with van der Waals surface area (Å²) in [5.41, 5.74) is 3.51. The third-order valence-corrected chi connectivity index (χ3v) is 4.11. The number of hydrogen-bond acceptors (Lipinski definition) is 3. The van der Waals surface area contributed by atoms with E-state index in [0.717, 1.165) is 28.0 Å². The fourth-order valence-corrected chi connectivity index (χ4v) is 2.81. The molecule has 0 fully saturated rings. The van der Waals surface area contributed by atoms with Crippen molar-refractivity contribution in [2.45, 2.75) is 6.61 Å². The highest BCUT2D eigenvalue weighted by Gasteiger charge is 2.11. The van der Waals surface area contributed by atoms with Gasteiger partial charge in [-0.1, -0.05) is 24.3 Å². The minimum Gasteiger partial charge on any atom is -0.493 e. The van der Waals surface area contributed by atoms with E-state index >= 15 is 0 Å². The Morgan fingerprint density at radius 2 is 1.85 bits per heavy atom. The maximum atomic E-state index is 13.3. The molecule has 4 aromatic rings. The molecule has 0 atom stereocenters. The van der Waals surface area contributed by atoms with Gasteiger partial charge in [-0.2, -0.15) is 0 Å². The minimum atomic E-state index is -0.283. The third kappa shape index (κ3) is 3.24. The number of aromatic amines is 1. The molecule has 4 rings (SSSR count). The van der Waals surface area contributed by atoms with E-state index in [4.69, 9.17) is 9.47 Å². The first-order valence-electron chi connectivity index (χ1n) is 8.23. The number of imidazole rings is 1. The number of hydrogen-bond donors (Lipinski definition) is 1. The van der Waals surface area contributed by atoms with Crippen molar-refractivity contribution in [3.05, 3.63) is 78.1 Å². The van der Waals surface area contributed by atoms with Crippen molar-refractivity contribution in [3.63, 3.8) is 0 Å². The van der Waals surface area contributed by atoms with Crippen LogP contribution in [0.4, 0.5) is 4.39 Å². The van der Waals surface area contributed by atoms with Crippen LogP contribution in [0.25, 0.3) is 22.4 Å². The van der Waals surface area contributed by atoms with E-state index in [0.29, 0.717) is 11.5 Å². The molecule has 0 radical (unpaired) electrons. The van der Waals surface area contributed by atoms with E-state index in [-0.39, 0.29) is 12.4 Å². The summed E-state index contributed by atoms with van der Waals surface area (Å²) < 4.78 is 24.6. The molecule has 0 amide bonds. The molecule has 0 saturated heterocycles. The molecule has 0 spiro atoms. The number of fused-ring (bicyclic) bond motifs is 1. The summed E-state index contributed by atoms with van der Waals surface area (Å²) in [5.74, 6) is 1.66. The summed E-state index contributed by atoms with van der Waals surface area (Å²) >= 11 is 0. The second-order valence-electron chi connectivity index (χ2n) is 5.89. The van der Waals surface area contributed by atoms with Crippen molar-refractivity contribution in [3.8, 4) is 22.9 Å². The summed E-state index contributed by atoms with van der Waals surface area (Å²) in [6.07, 6.45) is 0. The lowest BCUT2D eigenvalue weighted by molar-refractivity contribution is 0.284. The van der Waals surface area contributed by atoms with Gasteiger partial charge in [-0.15, -0.1) is 0 Å². The first kappa shape index (κ1) is 16.1. The number of nitrogens with zero attached hydrogens (tertiary/aromatic N) is 1. The number of halogens is 1. The van der Waals surface area contributed by atoms with Gasteiger partial charge in [-0.05, 0) is 48.0 Å². The van der Waals surface area contributed by atoms with Gasteiger partial charge in [-0.25, -0.2) is 9.37 Å². The first-order valence-corrected chi connectivity index (χ1v) is 8.23. The van der Waals surface area contributed by atoms with Gasteiger partial charge in [0.15, 0.2) is 11.5 Å². The Morgan fingerprint density at radius 3 is 2.65 bits per heavy atom. The normalized spacial score (nSPS) is 10.8. The minimum absolute atomic E-state index is 0.248. The van der Waals surface area contributed by atoms with Crippen molar-refractivity contribution in [1.29, 1.82) is 0 Å². The molecular weight excluding hydrogens is 331 g/mol. The van der Waals surface area contributed by atoms with Crippen molar-refractivity contribution in [2.24, 2.45) is 0 Å². The highest BCUT2D eigenvalue weighted by molar-refractivity contribution is 5.79. The lowest BCUT2D eigenvalue weighted by Crippen LogP contribution is -1.98. The predicted molar refractivity (Wildman–Crippen MR) is 98.8 cm³/mol. The topological polar surface area (TPSA) is 47.1 Å². The van der Waals surface area contributed by atoms with Gasteiger partial charge in [0.05, 0.1) is 18.1 Å². The number of H-pyrrole nitrogens is 1. The van der Waals surface area contributed by atoms with Gasteiger partial charge < -0.3 is 14.5 Å². The van der Waals surface area contributed by atoms with Gasteiger partial charge in [0.2, 0.25) is 0 Å². The summed E-state index contributed by atoms with van der Waals surface area (Å²) in [6, 6.07) is 19.8. The fraction of sp³-hybridized carbons (Fsp3) is 0.0952. The molecule has 0 aliphatic rings. The Balaban J connectivity index is 1.64. The third-order valence-electron chi connectivity index (χ3n) is 4.11. The quantitative estimate of drug-likeness (QED) is 0.555. The number of benzene rings is 3. The summed E-state index contributed by atoms with van der Waals surface area (Å²) in [5, 5.41) is 0. The SMILES string of the molecule is COc1ccc(-c2nc3ccccc3[nH]2)cc1OCc1cccc(F)c1. The van der Waals surface area contributed by atoms with Crippen LogP contribution in [-0.2, 0) is 6.61 Å². The molecule has 0 aliphatic heterocycles. The van der Waals surface area contributed by atoms with Crippen LogP contribution in [0.1, 0.15) is 5.56 Å². The van der Waals surface area contributed by atoms with Gasteiger partial charge >= 0.3 is 0 Å². The number of ether oxygens (including phenoxy) is 2. The smallest absolute Gasteiger partial charge is 0.162 e. The Bertz CT molecular complexity index is 1030. The number of para-hydroxylation sites is 2. The van der Waals surface area contributed by atoms with E-state index in [2.05, 4.69) is 9.97 Å². The summed E-state index contributed by atoms with van der Waals surface area (Å²) in [7, 11) is 1.59. The van der Waals surface area contributed by atoms with Crippen LogP contribution in [0.2, 0.25) is 0 Å². The van der Waals surface area contributed by atoms with E-state index < -0.39 is 0 Å². The molecule has 0 unspecified atom stereocenters. The Hall–Kier alpha value is -3.34. The molecule has 0 saturated carbocycles. The molecule has 3 aromatic carbocycles. The number of nitrogens with one attached hydrogen (secondary N) is 1. The van der Waals surface area contributed by atoms with Crippen molar-refractivity contribution in [2.75, 3.05) is 7.11 Å². The Labute approximate surface area is 150 Å². The largest absolute Gasteiger partial charge is 0.493 e. The Morgan fingerprint density at radius 1 is 0.962 bits per heavy atom. The van der Waals surface area contributed by atoms with Crippen LogP contribution >= 0.6 is 0 Å². The average Bonchev–Trinajstić information content (AvgIpc) is 3.10. The molecule has 5 heteroatoms. The van der Waals surface area contributed by atoms with Crippen LogP contribution in [-0.4, -0.2) is 17.1 Å².